The molecule has 6 rings (SSSR count). The number of carbonyl (C=O) groups excluding carboxylic acids is 2. The molecule has 0 saturated heterocycles. The Morgan fingerprint density at radius 2 is 1.28 bits per heavy atom. The third-order valence-corrected chi connectivity index (χ3v) is 9.45. The molecule has 8 bridgehead atoms. The smallest absolute Gasteiger partial charge is 0.356 e. The number of esters is 2. The average molecular weight is 619 g/mol. The number of rotatable bonds is 1. The summed E-state index contributed by atoms with van der Waals surface area (Å²) in [5, 5.41) is 1.63. The third kappa shape index (κ3) is 6.08. The molecule has 1 aliphatic rings. The molecular formula is C38H42N4O4. The van der Waals surface area contributed by atoms with E-state index in [-0.39, 0.29) is 34.7 Å². The Morgan fingerprint density at radius 1 is 0.739 bits per heavy atom. The lowest BCUT2D eigenvalue weighted by atomic mass is 9.82. The first kappa shape index (κ1) is 31.3. The molecule has 46 heavy (non-hydrogen) atoms. The van der Waals surface area contributed by atoms with Crippen molar-refractivity contribution < 1.29 is 19.1 Å². The number of benzene rings is 1. The van der Waals surface area contributed by atoms with Crippen LogP contribution in [-0.2, 0) is 20.3 Å². The number of ether oxygens (including phenoxy) is 2. The highest BCUT2D eigenvalue weighted by Gasteiger charge is 2.31. The van der Waals surface area contributed by atoms with E-state index in [0.717, 1.165) is 52.8 Å². The number of aromatic nitrogens is 4. The van der Waals surface area contributed by atoms with Crippen LogP contribution in [0.15, 0.2) is 72.8 Å². The van der Waals surface area contributed by atoms with E-state index in [0.29, 0.717) is 24.1 Å². The van der Waals surface area contributed by atoms with E-state index in [1.54, 1.807) is 12.1 Å². The van der Waals surface area contributed by atoms with Crippen molar-refractivity contribution in [1.29, 1.82) is 0 Å². The van der Waals surface area contributed by atoms with E-state index in [9.17, 15) is 9.59 Å². The minimum Gasteiger partial charge on any atom is -0.461 e. The summed E-state index contributed by atoms with van der Waals surface area (Å²) in [5.74, 6) is -0.701. The number of nitrogens with one attached hydrogen (secondary N) is 2. The Hall–Kier alpha value is -4.72. The molecule has 2 N–H and O–H groups in total. The predicted octanol–water partition coefficient (Wildman–Crippen LogP) is 8.29. The molecule has 0 spiro atoms. The third-order valence-electron chi connectivity index (χ3n) is 9.45. The number of H-pyrrole nitrogens is 2. The SMILES string of the molecule is C/C=C/C1(C)CCCOC(=O)c2ccc3ccc4ccc(nc4c3n2)C(=O)OCCCC(C)c2ccc([nH]2)C(C)(C)c2ccc1[nH]2. The largest absolute Gasteiger partial charge is 0.461 e. The topological polar surface area (TPSA) is 110 Å². The molecule has 2 unspecified atom stereocenters. The fraction of sp³-hybridized carbons (Fsp3) is 0.368. The second-order valence-corrected chi connectivity index (χ2v) is 13.2. The second kappa shape index (κ2) is 12.6. The van der Waals surface area contributed by atoms with Crippen molar-refractivity contribution >= 4 is 33.7 Å². The Kier molecular flexibility index (Phi) is 8.55. The number of carbonyl (C=O) groups is 2. The van der Waals surface area contributed by atoms with Crippen LogP contribution in [0.1, 0.15) is 110 Å². The number of hydrogen-bond donors (Lipinski definition) is 2. The van der Waals surface area contributed by atoms with Gasteiger partial charge in [0.05, 0.1) is 24.2 Å². The molecule has 5 aromatic rings. The summed E-state index contributed by atoms with van der Waals surface area (Å²) in [4.78, 5) is 42.8. The normalized spacial score (nSPS) is 21.5. The Morgan fingerprint density at radius 3 is 1.91 bits per heavy atom. The highest BCUT2D eigenvalue weighted by molar-refractivity contribution is 6.05. The van der Waals surface area contributed by atoms with Gasteiger partial charge in [-0.05, 0) is 88.8 Å². The Labute approximate surface area is 269 Å². The molecule has 1 aliphatic heterocycles. The van der Waals surface area contributed by atoms with Crippen LogP contribution in [0.3, 0.4) is 0 Å². The molecule has 0 amide bonds. The maximum absolute atomic E-state index is 13.1. The quantitative estimate of drug-likeness (QED) is 0.111. The predicted molar refractivity (Wildman–Crippen MR) is 180 cm³/mol. The van der Waals surface area contributed by atoms with E-state index in [2.05, 4.69) is 84.0 Å². The van der Waals surface area contributed by atoms with Crippen molar-refractivity contribution in [3.8, 4) is 0 Å². The van der Waals surface area contributed by atoms with Crippen LogP contribution in [0.5, 0.6) is 0 Å². The Balaban J connectivity index is 1.33. The average Bonchev–Trinajstić information content (AvgIpc) is 3.77. The molecule has 5 heterocycles. The Bertz CT molecular complexity index is 1930. The maximum atomic E-state index is 13.1. The monoisotopic (exact) mass is 618 g/mol. The van der Waals surface area contributed by atoms with Gasteiger partial charge < -0.3 is 19.4 Å². The summed E-state index contributed by atoms with van der Waals surface area (Å²) in [6.07, 6.45) is 7.33. The van der Waals surface area contributed by atoms with Crippen LogP contribution in [-0.4, -0.2) is 45.1 Å². The summed E-state index contributed by atoms with van der Waals surface area (Å²) in [5.41, 5.74) is 5.49. The van der Waals surface area contributed by atoms with Crippen LogP contribution in [0.2, 0.25) is 0 Å². The van der Waals surface area contributed by atoms with Gasteiger partial charge in [-0.3, -0.25) is 0 Å². The molecule has 0 radical (unpaired) electrons. The summed E-state index contributed by atoms with van der Waals surface area (Å²) >= 11 is 0. The molecule has 0 saturated carbocycles. The zero-order valence-corrected chi connectivity index (χ0v) is 27.3. The van der Waals surface area contributed by atoms with Crippen molar-refractivity contribution in [2.24, 2.45) is 0 Å². The van der Waals surface area contributed by atoms with Gasteiger partial charge in [-0.15, -0.1) is 0 Å². The van der Waals surface area contributed by atoms with Crippen LogP contribution >= 0.6 is 0 Å². The molecule has 238 valence electrons. The van der Waals surface area contributed by atoms with Crippen molar-refractivity contribution in [2.75, 3.05) is 13.2 Å². The van der Waals surface area contributed by atoms with Crippen LogP contribution < -0.4 is 0 Å². The van der Waals surface area contributed by atoms with E-state index in [4.69, 9.17) is 9.47 Å². The van der Waals surface area contributed by atoms with Crippen LogP contribution in [0.4, 0.5) is 0 Å². The van der Waals surface area contributed by atoms with E-state index in [1.807, 2.05) is 31.2 Å². The zero-order chi connectivity index (χ0) is 32.5. The highest BCUT2D eigenvalue weighted by Crippen LogP contribution is 2.36. The number of aromatic amines is 2. The highest BCUT2D eigenvalue weighted by atomic mass is 16.5. The number of cyclic esters (lactones) is 2. The van der Waals surface area contributed by atoms with Crippen molar-refractivity contribution in [3.05, 3.63) is 107 Å². The molecule has 0 fully saturated rings. The minimum absolute atomic E-state index is 0.203. The molecule has 4 aromatic heterocycles. The maximum Gasteiger partial charge on any atom is 0.356 e. The first-order valence-corrected chi connectivity index (χ1v) is 16.2. The fourth-order valence-electron chi connectivity index (χ4n) is 6.43. The summed E-state index contributed by atoms with van der Waals surface area (Å²) < 4.78 is 11.3. The van der Waals surface area contributed by atoms with E-state index < -0.39 is 11.9 Å². The van der Waals surface area contributed by atoms with Gasteiger partial charge in [0.2, 0.25) is 0 Å². The standard InChI is InChI=1S/C38H42N4O4/c1-6-20-38(5)21-8-23-46-36(44)29-15-13-26-11-10-25-12-14-28(40-33(25)34(26)41-29)35(43)45-22-7-9-24(2)27-16-17-30(39-27)37(3,4)31-18-19-32(38)42-31/h6,10-20,24,39,42H,7-9,21-23H2,1-5H3/b20-6+. The molecule has 8 heteroatoms. The fourth-order valence-corrected chi connectivity index (χ4v) is 6.43. The van der Waals surface area contributed by atoms with Gasteiger partial charge in [0.1, 0.15) is 11.4 Å². The van der Waals surface area contributed by atoms with Gasteiger partial charge >= 0.3 is 11.9 Å². The number of allylic oxidation sites excluding steroid dienone is 2. The van der Waals surface area contributed by atoms with E-state index >= 15 is 0 Å². The molecule has 1 aromatic carbocycles. The van der Waals surface area contributed by atoms with Gasteiger partial charge in [-0.2, -0.15) is 0 Å². The molecule has 8 nitrogen and oxygen atoms in total. The summed E-state index contributed by atoms with van der Waals surface area (Å²) in [6.45, 7) is 11.4. The van der Waals surface area contributed by atoms with Gasteiger partial charge in [0, 0.05) is 44.4 Å². The lowest BCUT2D eigenvalue weighted by molar-refractivity contribution is 0.0479. The van der Waals surface area contributed by atoms with Gasteiger partial charge in [0.25, 0.3) is 0 Å². The number of hydrogen-bond acceptors (Lipinski definition) is 6. The molecule has 2 atom stereocenters. The second-order valence-electron chi connectivity index (χ2n) is 13.2. The molecular weight excluding hydrogens is 576 g/mol. The first-order valence-electron chi connectivity index (χ1n) is 16.2. The lowest BCUT2D eigenvalue weighted by Crippen LogP contribution is -2.23. The van der Waals surface area contributed by atoms with Crippen molar-refractivity contribution in [2.45, 2.75) is 77.0 Å². The van der Waals surface area contributed by atoms with Gasteiger partial charge in [-0.1, -0.05) is 50.3 Å². The minimum atomic E-state index is -0.490. The van der Waals surface area contributed by atoms with E-state index in [1.165, 1.54) is 0 Å². The molecule has 0 aliphatic carbocycles. The van der Waals surface area contributed by atoms with Crippen LogP contribution in [0, 0.1) is 0 Å². The number of pyridine rings is 2. The van der Waals surface area contributed by atoms with Crippen molar-refractivity contribution in [1.82, 2.24) is 19.9 Å². The van der Waals surface area contributed by atoms with Gasteiger partial charge in [0.15, 0.2) is 0 Å². The lowest BCUT2D eigenvalue weighted by Gasteiger charge is -2.27. The zero-order valence-electron chi connectivity index (χ0n) is 27.3. The number of fused-ring (bicyclic) bond motifs is 6. The van der Waals surface area contributed by atoms with Crippen LogP contribution in [0.25, 0.3) is 21.8 Å². The van der Waals surface area contributed by atoms with Crippen molar-refractivity contribution in [3.63, 3.8) is 0 Å². The number of nitrogens with zero attached hydrogens (tertiary/aromatic N) is 2. The first-order chi connectivity index (χ1) is 22.1. The summed E-state index contributed by atoms with van der Waals surface area (Å²) in [6, 6.07) is 19.5. The summed E-state index contributed by atoms with van der Waals surface area (Å²) in [7, 11) is 0. The van der Waals surface area contributed by atoms with Gasteiger partial charge in [-0.25, -0.2) is 19.6 Å².